The number of rotatable bonds is 7. The van der Waals surface area contributed by atoms with Gasteiger partial charge in [0.05, 0.1) is 6.26 Å². The minimum atomic E-state index is -2.79. The number of hydrogen-bond acceptors (Lipinski definition) is 3. The fraction of sp³-hybridized carbons (Fsp3) is 0.333. The molecular formula is C12H18O3Si. The van der Waals surface area contributed by atoms with Crippen LogP contribution in [-0.2, 0) is 13.3 Å². The molecule has 0 radical (unpaired) electrons. The van der Waals surface area contributed by atoms with Crippen molar-refractivity contribution in [2.45, 2.75) is 13.8 Å². The van der Waals surface area contributed by atoms with Crippen molar-refractivity contribution in [1.82, 2.24) is 0 Å². The zero-order valence-corrected chi connectivity index (χ0v) is 10.8. The highest BCUT2D eigenvalue weighted by molar-refractivity contribution is 6.75. The Balaban J connectivity index is 3.04. The molecule has 1 rings (SSSR count). The fourth-order valence-electron chi connectivity index (χ4n) is 1.48. The maximum absolute atomic E-state index is 5.72. The molecule has 0 fully saturated rings. The topological polar surface area (TPSA) is 27.7 Å². The summed E-state index contributed by atoms with van der Waals surface area (Å²) in [7, 11) is -2.79. The second-order valence-corrected chi connectivity index (χ2v) is 5.58. The molecule has 16 heavy (non-hydrogen) atoms. The second kappa shape index (κ2) is 6.47. The summed E-state index contributed by atoms with van der Waals surface area (Å²) in [6.45, 7) is 8.54. The highest BCUT2D eigenvalue weighted by Gasteiger charge is 2.44. The molecule has 88 valence electrons. The van der Waals surface area contributed by atoms with Gasteiger partial charge in [0.15, 0.2) is 0 Å². The first-order valence-corrected chi connectivity index (χ1v) is 7.13. The minimum absolute atomic E-state index is 0.551. The van der Waals surface area contributed by atoms with E-state index in [0.717, 1.165) is 5.19 Å². The van der Waals surface area contributed by atoms with Crippen LogP contribution < -0.4 is 5.19 Å². The fourth-order valence-corrected chi connectivity index (χ4v) is 3.75. The van der Waals surface area contributed by atoms with Crippen molar-refractivity contribution in [2.75, 3.05) is 13.2 Å². The van der Waals surface area contributed by atoms with E-state index in [9.17, 15) is 0 Å². The predicted molar refractivity (Wildman–Crippen MR) is 66.4 cm³/mol. The van der Waals surface area contributed by atoms with Crippen LogP contribution >= 0.6 is 0 Å². The molecule has 1 aromatic carbocycles. The Hall–Kier alpha value is -1.10. The van der Waals surface area contributed by atoms with E-state index in [1.54, 1.807) is 0 Å². The molecule has 0 aliphatic heterocycles. The molecule has 1 aromatic rings. The van der Waals surface area contributed by atoms with E-state index in [1.165, 1.54) is 6.26 Å². The van der Waals surface area contributed by atoms with E-state index in [1.807, 2.05) is 44.2 Å². The molecule has 0 saturated heterocycles. The largest absolute Gasteiger partial charge is 0.602 e. The summed E-state index contributed by atoms with van der Waals surface area (Å²) >= 11 is 0. The van der Waals surface area contributed by atoms with Gasteiger partial charge in [0.2, 0.25) is 0 Å². The average molecular weight is 238 g/mol. The quantitative estimate of drug-likeness (QED) is 0.537. The molecule has 0 N–H and O–H groups in total. The van der Waals surface area contributed by atoms with Crippen molar-refractivity contribution in [3.05, 3.63) is 43.2 Å². The van der Waals surface area contributed by atoms with Crippen molar-refractivity contribution in [3.8, 4) is 0 Å². The summed E-state index contributed by atoms with van der Waals surface area (Å²) in [5.41, 5.74) is 0. The molecule has 3 nitrogen and oxygen atoms in total. The van der Waals surface area contributed by atoms with E-state index >= 15 is 0 Å². The summed E-state index contributed by atoms with van der Waals surface area (Å²) < 4.78 is 17.0. The van der Waals surface area contributed by atoms with Crippen LogP contribution in [0, 0.1) is 0 Å². The van der Waals surface area contributed by atoms with Crippen LogP contribution in [0.15, 0.2) is 43.2 Å². The van der Waals surface area contributed by atoms with Gasteiger partial charge in [-0.1, -0.05) is 36.9 Å². The third-order valence-corrected chi connectivity index (χ3v) is 4.89. The van der Waals surface area contributed by atoms with Crippen LogP contribution in [0.2, 0.25) is 0 Å². The average Bonchev–Trinajstić information content (AvgIpc) is 2.31. The van der Waals surface area contributed by atoms with Crippen LogP contribution in [0.1, 0.15) is 13.8 Å². The van der Waals surface area contributed by atoms with E-state index < -0.39 is 8.80 Å². The van der Waals surface area contributed by atoms with Gasteiger partial charge in [0, 0.05) is 18.4 Å². The second-order valence-electron chi connectivity index (χ2n) is 3.07. The Morgan fingerprint density at radius 3 is 2.12 bits per heavy atom. The molecule has 0 aliphatic rings. The molecule has 0 unspecified atom stereocenters. The summed E-state index contributed by atoms with van der Waals surface area (Å²) in [4.78, 5) is 0. The first kappa shape index (κ1) is 13.0. The van der Waals surface area contributed by atoms with Crippen LogP contribution in [0.5, 0.6) is 0 Å². The van der Waals surface area contributed by atoms with Crippen molar-refractivity contribution in [1.29, 1.82) is 0 Å². The normalized spacial score (nSPS) is 11.1. The third kappa shape index (κ3) is 2.94. The maximum Gasteiger partial charge on any atom is 0.602 e. The van der Waals surface area contributed by atoms with Gasteiger partial charge in [0.25, 0.3) is 0 Å². The van der Waals surface area contributed by atoms with Gasteiger partial charge in [0.1, 0.15) is 0 Å². The number of hydrogen-bond donors (Lipinski definition) is 0. The number of benzene rings is 1. The van der Waals surface area contributed by atoms with Gasteiger partial charge in [-0.3, -0.25) is 0 Å². The first-order valence-electron chi connectivity index (χ1n) is 5.41. The van der Waals surface area contributed by atoms with Crippen molar-refractivity contribution >= 4 is 14.0 Å². The molecule has 0 aliphatic carbocycles. The smallest absolute Gasteiger partial charge is 0.505 e. The lowest BCUT2D eigenvalue weighted by molar-refractivity contribution is 0.116. The molecule has 0 bridgehead atoms. The van der Waals surface area contributed by atoms with Crippen LogP contribution in [0.25, 0.3) is 0 Å². The van der Waals surface area contributed by atoms with Gasteiger partial charge in [-0.15, -0.1) is 0 Å². The van der Waals surface area contributed by atoms with Crippen LogP contribution in [0.4, 0.5) is 0 Å². The summed E-state index contributed by atoms with van der Waals surface area (Å²) in [6, 6.07) is 9.76. The van der Waals surface area contributed by atoms with Gasteiger partial charge in [-0.2, -0.15) is 0 Å². The third-order valence-electron chi connectivity index (χ3n) is 2.03. The van der Waals surface area contributed by atoms with E-state index in [-0.39, 0.29) is 0 Å². The monoisotopic (exact) mass is 238 g/mol. The van der Waals surface area contributed by atoms with Crippen LogP contribution in [0.3, 0.4) is 0 Å². The molecule has 0 atom stereocenters. The standard InChI is InChI=1S/C12H18O3Si/c1-4-13-16(14-5-2,15-6-3)12-10-8-7-9-11-12/h4,7-11H,1,5-6H2,2-3H3. The molecular weight excluding hydrogens is 220 g/mol. The first-order chi connectivity index (χ1) is 7.79. The van der Waals surface area contributed by atoms with Crippen molar-refractivity contribution in [3.63, 3.8) is 0 Å². The Bertz CT molecular complexity index is 307. The summed E-state index contributed by atoms with van der Waals surface area (Å²) in [6.07, 6.45) is 1.39. The molecule has 0 saturated carbocycles. The van der Waals surface area contributed by atoms with Gasteiger partial charge < -0.3 is 13.3 Å². The lowest BCUT2D eigenvalue weighted by atomic mass is 10.4. The highest BCUT2D eigenvalue weighted by atomic mass is 28.4. The lowest BCUT2D eigenvalue weighted by Gasteiger charge is -2.27. The zero-order chi connectivity index (χ0) is 11.9. The predicted octanol–water partition coefficient (Wildman–Crippen LogP) is 2.07. The highest BCUT2D eigenvalue weighted by Crippen LogP contribution is 2.10. The van der Waals surface area contributed by atoms with Gasteiger partial charge in [-0.05, 0) is 13.8 Å². The van der Waals surface area contributed by atoms with Crippen molar-refractivity contribution in [2.24, 2.45) is 0 Å². The van der Waals surface area contributed by atoms with Gasteiger partial charge >= 0.3 is 8.80 Å². The zero-order valence-electron chi connectivity index (χ0n) is 9.81. The Morgan fingerprint density at radius 1 is 1.12 bits per heavy atom. The van der Waals surface area contributed by atoms with E-state index in [0.29, 0.717) is 13.2 Å². The summed E-state index contributed by atoms with van der Waals surface area (Å²) in [5, 5.41) is 0.957. The molecule has 0 heterocycles. The van der Waals surface area contributed by atoms with Gasteiger partial charge in [-0.25, -0.2) is 0 Å². The molecule has 0 amide bonds. The summed E-state index contributed by atoms with van der Waals surface area (Å²) in [5.74, 6) is 0. The lowest BCUT2D eigenvalue weighted by Crippen LogP contribution is -2.55. The maximum atomic E-state index is 5.72. The minimum Gasteiger partial charge on any atom is -0.505 e. The SMILES string of the molecule is C=CO[Si](OCC)(OCC)c1ccccc1. The molecule has 4 heteroatoms. The van der Waals surface area contributed by atoms with Crippen molar-refractivity contribution < 1.29 is 13.3 Å². The van der Waals surface area contributed by atoms with E-state index in [2.05, 4.69) is 6.58 Å². The Kier molecular flexibility index (Phi) is 5.24. The van der Waals surface area contributed by atoms with Crippen LogP contribution in [-0.4, -0.2) is 22.0 Å². The molecule has 0 spiro atoms. The van der Waals surface area contributed by atoms with E-state index in [4.69, 9.17) is 13.3 Å². The molecule has 0 aromatic heterocycles. The Morgan fingerprint density at radius 2 is 1.69 bits per heavy atom. The Labute approximate surface area is 98.0 Å².